The zero-order chi connectivity index (χ0) is 34.9. The van der Waals surface area contributed by atoms with Crippen LogP contribution in [-0.2, 0) is 0 Å². The predicted molar refractivity (Wildman–Crippen MR) is 217 cm³/mol. The van der Waals surface area contributed by atoms with Crippen LogP contribution >= 0.6 is 0 Å². The van der Waals surface area contributed by atoms with Crippen LogP contribution in [0.4, 0.5) is 0 Å². The molecule has 3 heterocycles. The molecule has 8 aromatic carbocycles. The highest BCUT2D eigenvalue weighted by Crippen LogP contribution is 2.41. The molecule has 11 aromatic rings. The number of rotatable bonds is 4. The van der Waals surface area contributed by atoms with E-state index >= 15 is 0 Å². The quantitative estimate of drug-likeness (QED) is 0.186. The monoisotopic (exact) mass is 676 g/mol. The second-order valence-corrected chi connectivity index (χ2v) is 13.5. The van der Waals surface area contributed by atoms with E-state index in [1.807, 2.05) is 12.3 Å². The smallest absolute Gasteiger partial charge is 0.227 e. The summed E-state index contributed by atoms with van der Waals surface area (Å²) in [7, 11) is 0. The van der Waals surface area contributed by atoms with Crippen molar-refractivity contribution < 1.29 is 4.42 Å². The predicted octanol–water partition coefficient (Wildman–Crippen LogP) is 12.4. The van der Waals surface area contributed by atoms with Crippen molar-refractivity contribution in [2.75, 3.05) is 0 Å². The summed E-state index contributed by atoms with van der Waals surface area (Å²) in [6.45, 7) is 0. The highest BCUT2D eigenvalue weighted by Gasteiger charge is 2.18. The van der Waals surface area contributed by atoms with Gasteiger partial charge >= 0.3 is 0 Å². The van der Waals surface area contributed by atoms with Crippen LogP contribution in [0.25, 0.3) is 110 Å². The van der Waals surface area contributed by atoms with Gasteiger partial charge in [0.1, 0.15) is 5.58 Å². The van der Waals surface area contributed by atoms with Crippen LogP contribution in [0.2, 0.25) is 0 Å². The van der Waals surface area contributed by atoms with Gasteiger partial charge in [-0.05, 0) is 79.2 Å². The molecule has 0 unspecified atom stereocenters. The summed E-state index contributed by atoms with van der Waals surface area (Å²) in [6.07, 6.45) is 1.84. The Hall–Kier alpha value is -7.24. The highest BCUT2D eigenvalue weighted by atomic mass is 16.3. The number of hydrogen-bond acceptors (Lipinski definition) is 5. The molecule has 5 nitrogen and oxygen atoms in total. The van der Waals surface area contributed by atoms with E-state index in [1.165, 1.54) is 10.8 Å². The fourth-order valence-corrected chi connectivity index (χ4v) is 7.73. The highest BCUT2D eigenvalue weighted by molar-refractivity contribution is 6.19. The number of aromatic nitrogens is 4. The molecule has 246 valence electrons. The third-order valence-electron chi connectivity index (χ3n) is 10.3. The molecule has 0 bridgehead atoms. The number of furan rings is 1. The molecule has 0 radical (unpaired) electrons. The fourth-order valence-electron chi connectivity index (χ4n) is 7.73. The van der Waals surface area contributed by atoms with E-state index in [9.17, 15) is 0 Å². The average molecular weight is 677 g/mol. The Balaban J connectivity index is 1.08. The molecule has 0 saturated heterocycles. The Labute approximate surface area is 303 Å². The van der Waals surface area contributed by atoms with Crippen LogP contribution in [-0.4, -0.2) is 19.9 Å². The van der Waals surface area contributed by atoms with E-state index in [1.54, 1.807) is 0 Å². The zero-order valence-electron chi connectivity index (χ0n) is 28.4. The summed E-state index contributed by atoms with van der Waals surface area (Å²) in [4.78, 5) is 19.9. The number of nitrogens with zero attached hydrogens (tertiary/aromatic N) is 4. The van der Waals surface area contributed by atoms with Crippen molar-refractivity contribution in [2.24, 2.45) is 0 Å². The largest absolute Gasteiger partial charge is 0.437 e. The molecule has 0 saturated carbocycles. The van der Waals surface area contributed by atoms with Crippen molar-refractivity contribution in [3.8, 4) is 45.3 Å². The minimum absolute atomic E-state index is 0.623. The number of hydrogen-bond donors (Lipinski definition) is 0. The van der Waals surface area contributed by atoms with Gasteiger partial charge in [0.15, 0.2) is 17.5 Å². The molecule has 53 heavy (non-hydrogen) atoms. The van der Waals surface area contributed by atoms with E-state index in [0.717, 1.165) is 76.5 Å². The number of pyridine rings is 1. The Kier molecular flexibility index (Phi) is 6.48. The summed E-state index contributed by atoms with van der Waals surface area (Å²) >= 11 is 0. The Morgan fingerprint density at radius 2 is 0.887 bits per heavy atom. The third kappa shape index (κ3) is 4.86. The summed E-state index contributed by atoms with van der Waals surface area (Å²) in [6, 6.07) is 57.1. The van der Waals surface area contributed by atoms with Crippen molar-refractivity contribution in [1.29, 1.82) is 0 Å². The first-order valence-electron chi connectivity index (χ1n) is 17.7. The van der Waals surface area contributed by atoms with Crippen LogP contribution in [0, 0.1) is 0 Å². The maximum absolute atomic E-state index is 6.43. The molecule has 5 heteroatoms. The second-order valence-electron chi connectivity index (χ2n) is 13.5. The van der Waals surface area contributed by atoms with E-state index in [4.69, 9.17) is 19.4 Å². The van der Waals surface area contributed by atoms with Gasteiger partial charge in [-0.1, -0.05) is 133 Å². The molecule has 0 spiro atoms. The Morgan fingerprint density at radius 1 is 0.358 bits per heavy atom. The van der Waals surface area contributed by atoms with Crippen LogP contribution in [0.5, 0.6) is 0 Å². The second kappa shape index (κ2) is 11.7. The molecule has 11 rings (SSSR count). The van der Waals surface area contributed by atoms with Crippen molar-refractivity contribution in [2.45, 2.75) is 0 Å². The van der Waals surface area contributed by atoms with Crippen molar-refractivity contribution in [3.63, 3.8) is 0 Å². The van der Waals surface area contributed by atoms with Crippen molar-refractivity contribution in [1.82, 2.24) is 19.9 Å². The van der Waals surface area contributed by atoms with Gasteiger partial charge in [0.25, 0.3) is 0 Å². The fraction of sp³-hybridized carbons (Fsp3) is 0. The van der Waals surface area contributed by atoms with Crippen molar-refractivity contribution in [3.05, 3.63) is 170 Å². The van der Waals surface area contributed by atoms with Crippen LogP contribution < -0.4 is 0 Å². The lowest BCUT2D eigenvalue weighted by atomic mass is 9.94. The topological polar surface area (TPSA) is 64.7 Å². The summed E-state index contributed by atoms with van der Waals surface area (Å²) < 4.78 is 6.43. The minimum atomic E-state index is 0.623. The molecule has 3 aromatic heterocycles. The maximum atomic E-state index is 6.43. The minimum Gasteiger partial charge on any atom is -0.437 e. The number of benzene rings is 8. The SMILES string of the molecule is c1ccc2cc(-c3nc(-c4ccc5ccccc5c4)nc(-c4ccc5c(-c6ccnc7oc8c9ccccc9ccc8c67)cccc5c4)n3)ccc2c1. The van der Waals surface area contributed by atoms with E-state index in [0.29, 0.717) is 23.2 Å². The Bertz CT molecular complexity index is 3160. The summed E-state index contributed by atoms with van der Waals surface area (Å²) in [5.41, 5.74) is 6.50. The van der Waals surface area contributed by atoms with Gasteiger partial charge in [0.2, 0.25) is 5.71 Å². The first-order valence-corrected chi connectivity index (χ1v) is 17.7. The van der Waals surface area contributed by atoms with Gasteiger partial charge in [0, 0.05) is 33.7 Å². The Morgan fingerprint density at radius 3 is 1.57 bits per heavy atom. The lowest BCUT2D eigenvalue weighted by molar-refractivity contribution is 0.658. The molecule has 0 aliphatic rings. The lowest BCUT2D eigenvalue weighted by Crippen LogP contribution is -2.00. The standard InChI is InChI=1S/C48H28N4O/c1-3-11-32-26-35(18-16-29(32)8-1)45-50-46(36-19-17-30-9-2-4-12-33(30)27-36)52-47(51-45)37-21-22-38-34(28-37)13-7-15-40(38)41-24-25-49-48-43(41)42-23-20-31-10-5-6-14-39(31)44(42)53-48/h1-28H. The molecule has 0 N–H and O–H groups in total. The lowest BCUT2D eigenvalue weighted by Gasteiger charge is -2.12. The van der Waals surface area contributed by atoms with E-state index in [2.05, 4.69) is 163 Å². The zero-order valence-corrected chi connectivity index (χ0v) is 28.4. The van der Waals surface area contributed by atoms with E-state index in [-0.39, 0.29) is 0 Å². The molecule has 0 fully saturated rings. The first-order chi connectivity index (χ1) is 26.2. The van der Waals surface area contributed by atoms with Gasteiger partial charge in [-0.15, -0.1) is 0 Å². The van der Waals surface area contributed by atoms with Crippen molar-refractivity contribution >= 4 is 65.2 Å². The van der Waals surface area contributed by atoms with Gasteiger partial charge in [0.05, 0.1) is 5.39 Å². The van der Waals surface area contributed by atoms with Gasteiger partial charge in [-0.3, -0.25) is 0 Å². The van der Waals surface area contributed by atoms with Crippen LogP contribution in [0.1, 0.15) is 0 Å². The average Bonchev–Trinajstić information content (AvgIpc) is 3.62. The van der Waals surface area contributed by atoms with E-state index < -0.39 is 0 Å². The third-order valence-corrected chi connectivity index (χ3v) is 10.3. The molecule has 0 aliphatic heterocycles. The van der Waals surface area contributed by atoms with Crippen LogP contribution in [0.3, 0.4) is 0 Å². The van der Waals surface area contributed by atoms with Gasteiger partial charge < -0.3 is 4.42 Å². The molecule has 0 amide bonds. The van der Waals surface area contributed by atoms with Gasteiger partial charge in [-0.2, -0.15) is 0 Å². The molecular formula is C48H28N4O. The molecule has 0 atom stereocenters. The van der Waals surface area contributed by atoms with Crippen LogP contribution in [0.15, 0.2) is 174 Å². The normalized spacial score (nSPS) is 11.8. The molecular weight excluding hydrogens is 649 g/mol. The van der Waals surface area contributed by atoms with Gasteiger partial charge in [-0.25, -0.2) is 19.9 Å². The summed E-state index contributed by atoms with van der Waals surface area (Å²) in [5.74, 6) is 1.89. The maximum Gasteiger partial charge on any atom is 0.227 e. The first kappa shape index (κ1) is 29.5. The molecule has 0 aliphatic carbocycles. The number of fused-ring (bicyclic) bond motifs is 8. The summed E-state index contributed by atoms with van der Waals surface area (Å²) in [5, 5.41) is 11.1.